The molecule has 1 amide bonds. The van der Waals surface area contributed by atoms with E-state index in [9.17, 15) is 9.59 Å². The number of carbonyl (C=O) groups excluding carboxylic acids is 2. The molecule has 1 aliphatic carbocycles. The smallest absolute Gasteiger partial charge is 0.318 e. The third-order valence-electron chi connectivity index (χ3n) is 3.28. The zero-order valence-corrected chi connectivity index (χ0v) is 14.1. The summed E-state index contributed by atoms with van der Waals surface area (Å²) in [6.45, 7) is 8.73. The van der Waals surface area contributed by atoms with Crippen LogP contribution in [0.4, 0.5) is 0 Å². The highest BCUT2D eigenvalue weighted by molar-refractivity contribution is 5.80. The Morgan fingerprint density at radius 2 is 2.00 bits per heavy atom. The van der Waals surface area contributed by atoms with Gasteiger partial charge in [-0.15, -0.1) is 0 Å². The Morgan fingerprint density at radius 1 is 1.41 bits per heavy atom. The average molecular weight is 310 g/mol. The molecule has 3 N–H and O–H groups in total. The largest absolute Gasteiger partial charge is 0.459 e. The molecular formula is C16H26N2O4. The first-order chi connectivity index (χ1) is 10.0. The number of nitrogens with one attached hydrogen (secondary N) is 1. The summed E-state index contributed by atoms with van der Waals surface area (Å²) in [5.41, 5.74) is 5.62. The van der Waals surface area contributed by atoms with Crippen molar-refractivity contribution in [2.24, 2.45) is 11.7 Å². The van der Waals surface area contributed by atoms with Gasteiger partial charge in [-0.05, 0) is 38.8 Å². The molecule has 0 saturated carbocycles. The van der Waals surface area contributed by atoms with E-state index in [0.29, 0.717) is 12.1 Å². The molecule has 0 heterocycles. The molecule has 6 heteroatoms. The minimum absolute atomic E-state index is 0.209. The summed E-state index contributed by atoms with van der Waals surface area (Å²) < 4.78 is 10.8. The van der Waals surface area contributed by atoms with Crippen molar-refractivity contribution in [1.29, 1.82) is 0 Å². The maximum absolute atomic E-state index is 12.4. The summed E-state index contributed by atoms with van der Waals surface area (Å²) in [6, 6.07) is 0. The molecule has 0 aliphatic heterocycles. The van der Waals surface area contributed by atoms with Crippen LogP contribution in [0.25, 0.3) is 0 Å². The van der Waals surface area contributed by atoms with Gasteiger partial charge in [-0.3, -0.25) is 15.3 Å². The van der Waals surface area contributed by atoms with Crippen LogP contribution in [0.3, 0.4) is 0 Å². The highest BCUT2D eigenvalue weighted by Gasteiger charge is 2.43. The monoisotopic (exact) mass is 310 g/mol. The normalized spacial score (nSPS) is 25.1. The molecule has 6 nitrogen and oxygen atoms in total. The third-order valence-corrected chi connectivity index (χ3v) is 3.28. The van der Waals surface area contributed by atoms with Crippen LogP contribution in [0.15, 0.2) is 23.4 Å². The number of hydrogen-bond acceptors (Lipinski definition) is 5. The molecule has 124 valence electrons. The van der Waals surface area contributed by atoms with Crippen LogP contribution >= 0.6 is 0 Å². The SMILES string of the molecule is CCC1=CC(C(=O)OC(C)(C)C)C(N)(OC)C=C1NC(C)=O. The number of nitrogens with two attached hydrogens (primary N) is 1. The molecule has 0 fully saturated rings. The van der Waals surface area contributed by atoms with Crippen LogP contribution in [0.5, 0.6) is 0 Å². The Bertz CT molecular complexity index is 517. The molecule has 0 aromatic heterocycles. The molecule has 0 spiro atoms. The third kappa shape index (κ3) is 4.42. The summed E-state index contributed by atoms with van der Waals surface area (Å²) in [4.78, 5) is 23.8. The van der Waals surface area contributed by atoms with Gasteiger partial charge in [0.2, 0.25) is 5.91 Å². The second kappa shape index (κ2) is 6.62. The van der Waals surface area contributed by atoms with Crippen LogP contribution in [0, 0.1) is 5.92 Å². The maximum atomic E-state index is 12.4. The lowest BCUT2D eigenvalue weighted by Crippen LogP contribution is -2.53. The van der Waals surface area contributed by atoms with Crippen molar-refractivity contribution in [3.63, 3.8) is 0 Å². The van der Waals surface area contributed by atoms with Gasteiger partial charge in [0.05, 0.1) is 0 Å². The van der Waals surface area contributed by atoms with Crippen molar-refractivity contribution < 1.29 is 19.1 Å². The average Bonchev–Trinajstić information content (AvgIpc) is 2.36. The number of carbonyl (C=O) groups is 2. The molecule has 1 aliphatic rings. The van der Waals surface area contributed by atoms with Crippen molar-refractivity contribution in [3.8, 4) is 0 Å². The molecule has 0 radical (unpaired) electrons. The number of amides is 1. The van der Waals surface area contributed by atoms with Crippen molar-refractivity contribution >= 4 is 11.9 Å². The van der Waals surface area contributed by atoms with Crippen LogP contribution in [-0.4, -0.2) is 30.3 Å². The number of methoxy groups -OCH3 is 1. The van der Waals surface area contributed by atoms with E-state index in [1.165, 1.54) is 14.0 Å². The van der Waals surface area contributed by atoms with E-state index in [1.54, 1.807) is 32.9 Å². The fourth-order valence-electron chi connectivity index (χ4n) is 2.25. The molecule has 2 atom stereocenters. The Morgan fingerprint density at radius 3 is 2.41 bits per heavy atom. The molecule has 0 bridgehead atoms. The first-order valence-corrected chi connectivity index (χ1v) is 7.30. The van der Waals surface area contributed by atoms with Crippen molar-refractivity contribution in [1.82, 2.24) is 5.32 Å². The molecule has 2 unspecified atom stereocenters. The van der Waals surface area contributed by atoms with E-state index in [4.69, 9.17) is 15.2 Å². The molecule has 0 saturated heterocycles. The highest BCUT2D eigenvalue weighted by atomic mass is 16.6. The zero-order chi connectivity index (χ0) is 17.1. The number of allylic oxidation sites excluding steroid dienone is 1. The Labute approximate surface area is 131 Å². The molecular weight excluding hydrogens is 284 g/mol. The summed E-state index contributed by atoms with van der Waals surface area (Å²) in [7, 11) is 1.42. The van der Waals surface area contributed by atoms with E-state index in [-0.39, 0.29) is 5.91 Å². The fraction of sp³-hybridized carbons (Fsp3) is 0.625. The first kappa shape index (κ1) is 18.4. The predicted octanol–water partition coefficient (Wildman–Crippen LogP) is 1.62. The van der Waals surface area contributed by atoms with E-state index in [1.807, 2.05) is 6.92 Å². The topological polar surface area (TPSA) is 90.7 Å². The standard InChI is InChI=1S/C16H26N2O4/c1-7-11-8-12(14(20)22-15(3,4)5)16(17,21-6)9-13(11)18-10(2)19/h8-9,12H,7,17H2,1-6H3,(H,18,19). The molecule has 1 rings (SSSR count). The van der Waals surface area contributed by atoms with Gasteiger partial charge in [0.1, 0.15) is 11.5 Å². The predicted molar refractivity (Wildman–Crippen MR) is 83.5 cm³/mol. The maximum Gasteiger partial charge on any atom is 0.318 e. The lowest BCUT2D eigenvalue weighted by atomic mass is 9.85. The minimum atomic E-state index is -1.36. The number of ether oxygens (including phenoxy) is 2. The number of hydrogen-bond donors (Lipinski definition) is 2. The van der Waals surface area contributed by atoms with Crippen molar-refractivity contribution in [3.05, 3.63) is 23.4 Å². The van der Waals surface area contributed by atoms with Crippen LogP contribution in [-0.2, 0) is 19.1 Å². The van der Waals surface area contributed by atoms with Gasteiger partial charge in [0, 0.05) is 19.7 Å². The van der Waals surface area contributed by atoms with Crippen LogP contribution in [0.1, 0.15) is 41.0 Å². The van der Waals surface area contributed by atoms with E-state index in [2.05, 4.69) is 5.32 Å². The molecule has 0 aromatic rings. The molecule has 22 heavy (non-hydrogen) atoms. The van der Waals surface area contributed by atoms with Gasteiger partial charge < -0.3 is 14.8 Å². The van der Waals surface area contributed by atoms with Gasteiger partial charge >= 0.3 is 5.97 Å². The van der Waals surface area contributed by atoms with Gasteiger partial charge in [-0.25, -0.2) is 0 Å². The second-order valence-electron chi connectivity index (χ2n) is 6.35. The second-order valence-corrected chi connectivity index (χ2v) is 6.35. The highest BCUT2D eigenvalue weighted by Crippen LogP contribution is 2.32. The summed E-state index contributed by atoms with van der Waals surface area (Å²) >= 11 is 0. The summed E-state index contributed by atoms with van der Waals surface area (Å²) in [5.74, 6) is -1.44. The Balaban J connectivity index is 3.19. The first-order valence-electron chi connectivity index (χ1n) is 7.30. The fourth-order valence-corrected chi connectivity index (χ4v) is 2.25. The van der Waals surface area contributed by atoms with Gasteiger partial charge in [0.25, 0.3) is 0 Å². The van der Waals surface area contributed by atoms with Gasteiger partial charge in [0.15, 0.2) is 5.72 Å². The quantitative estimate of drug-likeness (QED) is 0.608. The lowest BCUT2D eigenvalue weighted by molar-refractivity contribution is -0.165. The van der Waals surface area contributed by atoms with Crippen molar-refractivity contribution in [2.45, 2.75) is 52.4 Å². The number of esters is 1. The lowest BCUT2D eigenvalue weighted by Gasteiger charge is -2.36. The van der Waals surface area contributed by atoms with Crippen molar-refractivity contribution in [2.75, 3.05) is 7.11 Å². The Hall–Kier alpha value is -1.66. The number of rotatable bonds is 4. The minimum Gasteiger partial charge on any atom is -0.459 e. The zero-order valence-electron chi connectivity index (χ0n) is 14.1. The van der Waals surface area contributed by atoms with Gasteiger partial charge in [-0.2, -0.15) is 0 Å². The summed E-state index contributed by atoms with van der Waals surface area (Å²) in [6.07, 6.45) is 3.93. The summed E-state index contributed by atoms with van der Waals surface area (Å²) in [5, 5.41) is 2.72. The van der Waals surface area contributed by atoms with Gasteiger partial charge in [-0.1, -0.05) is 13.0 Å². The van der Waals surface area contributed by atoms with E-state index >= 15 is 0 Å². The van der Waals surface area contributed by atoms with Crippen LogP contribution in [0.2, 0.25) is 0 Å². The van der Waals surface area contributed by atoms with E-state index < -0.39 is 23.2 Å². The molecule has 0 aromatic carbocycles. The van der Waals surface area contributed by atoms with E-state index in [0.717, 1.165) is 5.57 Å². The van der Waals surface area contributed by atoms with Crippen LogP contribution < -0.4 is 11.1 Å². The Kier molecular flexibility index (Phi) is 5.54.